The lowest BCUT2D eigenvalue weighted by atomic mass is 10.1. The molecule has 8 nitrogen and oxygen atoms in total. The molecule has 0 aliphatic carbocycles. The number of benzene rings is 1. The molecule has 134 valence electrons. The minimum atomic E-state index is -0.434. The Hall–Kier alpha value is -3.34. The molecule has 0 atom stereocenters. The molecule has 2 heterocycles. The van der Waals surface area contributed by atoms with Crippen molar-refractivity contribution >= 4 is 18.0 Å². The molecule has 0 unspecified atom stereocenters. The molecule has 1 aromatic rings. The van der Waals surface area contributed by atoms with E-state index in [1.807, 2.05) is 13.0 Å². The van der Waals surface area contributed by atoms with Crippen LogP contribution in [-0.2, 0) is 16.1 Å². The van der Waals surface area contributed by atoms with Crippen LogP contribution in [0.25, 0.3) is 0 Å². The highest BCUT2D eigenvalue weighted by molar-refractivity contribution is 6.01. The minimum absolute atomic E-state index is 0.121. The van der Waals surface area contributed by atoms with Gasteiger partial charge in [0.15, 0.2) is 0 Å². The molecule has 2 aliphatic rings. The lowest BCUT2D eigenvalue weighted by Crippen LogP contribution is -2.38. The molecule has 1 aromatic carbocycles. The molecule has 2 aliphatic heterocycles. The normalized spacial score (nSPS) is 16.1. The number of rotatable bonds is 4. The van der Waals surface area contributed by atoms with Gasteiger partial charge in [-0.05, 0) is 24.6 Å². The topological polar surface area (TPSA) is 89.2 Å². The van der Waals surface area contributed by atoms with Crippen molar-refractivity contribution < 1.29 is 14.3 Å². The molecule has 0 N–H and O–H groups in total. The fourth-order valence-corrected chi connectivity index (χ4v) is 2.72. The van der Waals surface area contributed by atoms with E-state index < -0.39 is 6.03 Å². The van der Waals surface area contributed by atoms with E-state index in [9.17, 15) is 9.59 Å². The molecule has 26 heavy (non-hydrogen) atoms. The third kappa shape index (κ3) is 3.37. The Morgan fingerprint density at radius 2 is 2.23 bits per heavy atom. The van der Waals surface area contributed by atoms with Crippen LogP contribution in [0.1, 0.15) is 18.1 Å². The Morgan fingerprint density at radius 3 is 2.96 bits per heavy atom. The summed E-state index contributed by atoms with van der Waals surface area (Å²) in [5, 5.41) is 9.00. The van der Waals surface area contributed by atoms with Crippen molar-refractivity contribution in [2.45, 2.75) is 13.5 Å². The minimum Gasteiger partial charge on any atom is -0.431 e. The van der Waals surface area contributed by atoms with Crippen molar-refractivity contribution in [3.63, 3.8) is 0 Å². The molecular formula is C18H19N5O3. The van der Waals surface area contributed by atoms with Crippen molar-refractivity contribution in [3.8, 4) is 6.07 Å². The van der Waals surface area contributed by atoms with E-state index in [4.69, 9.17) is 10.00 Å². The number of hydrogen-bond donors (Lipinski definition) is 0. The van der Waals surface area contributed by atoms with Crippen molar-refractivity contribution in [2.24, 2.45) is 4.99 Å². The molecule has 0 radical (unpaired) electrons. The summed E-state index contributed by atoms with van der Waals surface area (Å²) >= 11 is 0. The quantitative estimate of drug-likeness (QED) is 0.818. The maximum Gasteiger partial charge on any atom is 0.348 e. The third-order valence-corrected chi connectivity index (χ3v) is 4.32. The van der Waals surface area contributed by atoms with E-state index >= 15 is 0 Å². The van der Waals surface area contributed by atoms with E-state index in [1.165, 1.54) is 6.26 Å². The van der Waals surface area contributed by atoms with Gasteiger partial charge in [0, 0.05) is 33.2 Å². The summed E-state index contributed by atoms with van der Waals surface area (Å²) in [5.74, 6) is -0.180. The van der Waals surface area contributed by atoms with Crippen LogP contribution < -0.4 is 0 Å². The van der Waals surface area contributed by atoms with E-state index in [2.05, 4.69) is 11.1 Å². The average molecular weight is 353 g/mol. The molecule has 0 spiro atoms. The van der Waals surface area contributed by atoms with Gasteiger partial charge in [0.1, 0.15) is 12.0 Å². The van der Waals surface area contributed by atoms with Gasteiger partial charge < -0.3 is 14.5 Å². The number of carbonyl (C=O) groups excluding carboxylic acids is 2. The zero-order valence-electron chi connectivity index (χ0n) is 14.7. The third-order valence-electron chi connectivity index (χ3n) is 4.32. The second-order valence-corrected chi connectivity index (χ2v) is 6.00. The van der Waals surface area contributed by atoms with Gasteiger partial charge in [0.2, 0.25) is 0 Å². The van der Waals surface area contributed by atoms with Gasteiger partial charge in [-0.1, -0.05) is 12.1 Å². The van der Waals surface area contributed by atoms with E-state index in [0.29, 0.717) is 37.4 Å². The maximum atomic E-state index is 12.4. The highest BCUT2D eigenvalue weighted by Crippen LogP contribution is 2.21. The average Bonchev–Trinajstić information content (AvgIpc) is 2.99. The maximum absolute atomic E-state index is 12.4. The number of fused-ring (bicyclic) bond motifs is 1. The molecule has 0 bridgehead atoms. The van der Waals surface area contributed by atoms with Crippen LogP contribution in [0.15, 0.2) is 41.2 Å². The summed E-state index contributed by atoms with van der Waals surface area (Å²) in [5.41, 5.74) is 1.76. The number of carbonyl (C=O) groups is 2. The number of likely N-dealkylation sites (N-methyl/N-ethyl adjacent to an activating group) is 1. The van der Waals surface area contributed by atoms with Gasteiger partial charge in [0.25, 0.3) is 5.91 Å². The van der Waals surface area contributed by atoms with Gasteiger partial charge in [-0.25, -0.2) is 4.79 Å². The number of hydrogen-bond acceptors (Lipinski definition) is 5. The highest BCUT2D eigenvalue weighted by Gasteiger charge is 2.34. The Kier molecular flexibility index (Phi) is 4.89. The molecule has 0 aromatic heterocycles. The molecule has 8 heteroatoms. The van der Waals surface area contributed by atoms with Crippen molar-refractivity contribution in [1.82, 2.24) is 14.7 Å². The lowest BCUT2D eigenvalue weighted by molar-refractivity contribution is -0.126. The SMILES string of the molecule is CCN(C)C(=O)C1=COC2=NC(=O)N(Cc3cccc(C#N)c3)CCN12. The Bertz CT molecular complexity index is 839. The van der Waals surface area contributed by atoms with Crippen molar-refractivity contribution in [1.29, 1.82) is 5.26 Å². The molecule has 3 amide bonds. The van der Waals surface area contributed by atoms with Crippen LogP contribution in [0, 0.1) is 11.3 Å². The number of nitriles is 1. The standard InChI is InChI=1S/C18H19N5O3/c1-3-21(2)16(24)15-12-26-18-20-17(25)22(7-8-23(15)18)11-14-6-4-5-13(9-14)10-19/h4-6,9,12H,3,7-8,11H2,1-2H3. The first kappa shape index (κ1) is 17.5. The molecule has 0 fully saturated rings. The smallest absolute Gasteiger partial charge is 0.348 e. The molecule has 0 saturated heterocycles. The van der Waals surface area contributed by atoms with Crippen molar-refractivity contribution in [2.75, 3.05) is 26.7 Å². The molecular weight excluding hydrogens is 334 g/mol. The largest absolute Gasteiger partial charge is 0.431 e. The Labute approximate surface area is 151 Å². The number of nitrogens with zero attached hydrogens (tertiary/aromatic N) is 5. The fraction of sp³-hybridized carbons (Fsp3) is 0.333. The van der Waals surface area contributed by atoms with Gasteiger partial charge in [-0.15, -0.1) is 4.99 Å². The number of ether oxygens (including phenoxy) is 1. The molecule has 0 saturated carbocycles. The van der Waals surface area contributed by atoms with Gasteiger partial charge >= 0.3 is 12.1 Å². The highest BCUT2D eigenvalue weighted by atomic mass is 16.5. The van der Waals surface area contributed by atoms with Gasteiger partial charge in [-0.3, -0.25) is 9.69 Å². The van der Waals surface area contributed by atoms with Crippen LogP contribution in [-0.4, -0.2) is 59.3 Å². The van der Waals surface area contributed by atoms with Crippen molar-refractivity contribution in [3.05, 3.63) is 47.4 Å². The fourth-order valence-electron chi connectivity index (χ4n) is 2.72. The summed E-state index contributed by atoms with van der Waals surface area (Å²) in [6.45, 7) is 3.56. The van der Waals surface area contributed by atoms with Gasteiger partial charge in [-0.2, -0.15) is 5.26 Å². The predicted molar refractivity (Wildman–Crippen MR) is 93.6 cm³/mol. The predicted octanol–water partition coefficient (Wildman–Crippen LogP) is 1.50. The van der Waals surface area contributed by atoms with Crippen LogP contribution in [0.3, 0.4) is 0 Å². The van der Waals surface area contributed by atoms with E-state index in [1.54, 1.807) is 39.9 Å². The first-order chi connectivity index (χ1) is 12.5. The van der Waals surface area contributed by atoms with Crippen LogP contribution in [0.5, 0.6) is 0 Å². The molecule has 3 rings (SSSR count). The number of amides is 3. The first-order valence-electron chi connectivity index (χ1n) is 8.30. The Morgan fingerprint density at radius 1 is 1.42 bits per heavy atom. The van der Waals surface area contributed by atoms with Crippen LogP contribution in [0.4, 0.5) is 4.79 Å². The summed E-state index contributed by atoms with van der Waals surface area (Å²) in [6.07, 6.45) is 1.34. The van der Waals surface area contributed by atoms with Gasteiger partial charge in [0.05, 0.1) is 11.6 Å². The van der Waals surface area contributed by atoms with E-state index in [0.717, 1.165) is 5.56 Å². The number of amidine groups is 1. The summed E-state index contributed by atoms with van der Waals surface area (Å²) < 4.78 is 5.35. The van der Waals surface area contributed by atoms with Crippen LogP contribution >= 0.6 is 0 Å². The number of aliphatic imine (C=N–C) groups is 1. The first-order valence-corrected chi connectivity index (χ1v) is 8.30. The summed E-state index contributed by atoms with van der Waals surface area (Å²) in [4.78, 5) is 33.6. The van der Waals surface area contributed by atoms with E-state index in [-0.39, 0.29) is 11.9 Å². The monoisotopic (exact) mass is 353 g/mol. The Balaban J connectivity index is 1.75. The second-order valence-electron chi connectivity index (χ2n) is 6.00. The van der Waals surface area contributed by atoms with Crippen LogP contribution in [0.2, 0.25) is 0 Å². The second kappa shape index (κ2) is 7.27. The zero-order valence-corrected chi connectivity index (χ0v) is 14.7. The zero-order chi connectivity index (χ0) is 18.7. The summed E-state index contributed by atoms with van der Waals surface area (Å²) in [7, 11) is 1.70. The number of urea groups is 1. The summed E-state index contributed by atoms with van der Waals surface area (Å²) in [6, 6.07) is 8.87. The lowest BCUT2D eigenvalue weighted by Gasteiger charge is -2.23.